The Morgan fingerprint density at radius 2 is 1.58 bits per heavy atom. The van der Waals surface area contributed by atoms with Gasteiger partial charge in [0, 0.05) is 0 Å². The molecule has 0 saturated carbocycles. The van der Waals surface area contributed by atoms with E-state index < -0.39 is 28.5 Å². The van der Waals surface area contributed by atoms with Gasteiger partial charge in [0.2, 0.25) is 10.0 Å². The number of rotatable bonds is 8. The Morgan fingerprint density at radius 1 is 0.970 bits per heavy atom. The van der Waals surface area contributed by atoms with Crippen molar-refractivity contribution < 1.29 is 22.7 Å². The van der Waals surface area contributed by atoms with Crippen LogP contribution >= 0.6 is 0 Å². The summed E-state index contributed by atoms with van der Waals surface area (Å²) in [6, 6.07) is 21.6. The van der Waals surface area contributed by atoms with Gasteiger partial charge < -0.3 is 10.1 Å². The number of carbonyl (C=O) groups is 2. The van der Waals surface area contributed by atoms with Gasteiger partial charge >= 0.3 is 5.97 Å². The molecule has 0 aliphatic rings. The highest BCUT2D eigenvalue weighted by Gasteiger charge is 2.20. The predicted octanol–water partition coefficient (Wildman–Crippen LogP) is 3.21. The fourth-order valence-electron chi connectivity index (χ4n) is 3.48. The van der Waals surface area contributed by atoms with Gasteiger partial charge in [0.05, 0.1) is 16.5 Å². The van der Waals surface area contributed by atoms with Crippen LogP contribution in [0, 0.1) is 13.8 Å². The summed E-state index contributed by atoms with van der Waals surface area (Å²) >= 11 is 0. The van der Waals surface area contributed by atoms with E-state index in [4.69, 9.17) is 9.88 Å². The molecule has 0 saturated heterocycles. The number of carbonyl (C=O) groups excluding carboxylic acids is 2. The normalized spacial score (nSPS) is 12.1. The van der Waals surface area contributed by atoms with Crippen molar-refractivity contribution in [1.29, 1.82) is 0 Å². The summed E-state index contributed by atoms with van der Waals surface area (Å²) in [6.45, 7) is 2.77. The second kappa shape index (κ2) is 10.4. The summed E-state index contributed by atoms with van der Waals surface area (Å²) < 4.78 is 28.8. The number of primary sulfonamides is 1. The van der Waals surface area contributed by atoms with Crippen molar-refractivity contribution in [3.63, 3.8) is 0 Å². The maximum absolute atomic E-state index is 12.6. The maximum atomic E-state index is 12.6. The molecule has 172 valence electrons. The van der Waals surface area contributed by atoms with Gasteiger partial charge in [-0.25, -0.2) is 18.4 Å². The Hall–Kier alpha value is -3.49. The molecule has 0 aliphatic heterocycles. The van der Waals surface area contributed by atoms with Crippen LogP contribution in [0.1, 0.15) is 38.7 Å². The smallest absolute Gasteiger partial charge is 0.338 e. The molecular weight excluding hydrogens is 440 g/mol. The predicted molar refractivity (Wildman–Crippen MR) is 125 cm³/mol. The first-order valence-electron chi connectivity index (χ1n) is 10.3. The number of benzene rings is 3. The molecule has 7 nitrogen and oxygen atoms in total. The number of hydrogen-bond donors (Lipinski definition) is 2. The van der Waals surface area contributed by atoms with Crippen molar-refractivity contribution in [2.24, 2.45) is 5.14 Å². The lowest BCUT2D eigenvalue weighted by Crippen LogP contribution is -2.33. The number of ether oxygens (including phenoxy) is 1. The lowest BCUT2D eigenvalue weighted by atomic mass is 9.99. The van der Waals surface area contributed by atoms with E-state index in [2.05, 4.69) is 5.32 Å². The third kappa shape index (κ3) is 6.50. The highest BCUT2D eigenvalue weighted by molar-refractivity contribution is 7.89. The number of amides is 1. The fourth-order valence-corrected chi connectivity index (χ4v) is 4.36. The number of hydrogen-bond acceptors (Lipinski definition) is 5. The summed E-state index contributed by atoms with van der Waals surface area (Å²) in [5, 5.41) is 8.16. The number of nitrogens with two attached hydrogens (primary N) is 1. The van der Waals surface area contributed by atoms with E-state index >= 15 is 0 Å². The molecule has 1 atom stereocenters. The minimum Gasteiger partial charge on any atom is -0.452 e. The molecule has 0 bridgehead atoms. The molecule has 1 amide bonds. The zero-order valence-electron chi connectivity index (χ0n) is 18.4. The molecule has 8 heteroatoms. The van der Waals surface area contributed by atoms with Gasteiger partial charge in [0.15, 0.2) is 6.61 Å². The molecule has 0 fully saturated rings. The Kier molecular flexibility index (Phi) is 7.63. The zero-order chi connectivity index (χ0) is 24.0. The van der Waals surface area contributed by atoms with Crippen LogP contribution in [0.4, 0.5) is 0 Å². The SMILES string of the molecule is Cc1cc(C(=O)OCC(=O)NC(Cc2ccccc2)c2ccccc2)cc(S(N)(=O)=O)c1C. The summed E-state index contributed by atoms with van der Waals surface area (Å²) in [6.07, 6.45) is 0.569. The van der Waals surface area contributed by atoms with Crippen molar-refractivity contribution in [2.75, 3.05) is 6.61 Å². The molecule has 33 heavy (non-hydrogen) atoms. The van der Waals surface area contributed by atoms with Crippen LogP contribution in [0.25, 0.3) is 0 Å². The van der Waals surface area contributed by atoms with Crippen LogP contribution in [0.3, 0.4) is 0 Å². The number of sulfonamides is 1. The maximum Gasteiger partial charge on any atom is 0.338 e. The van der Waals surface area contributed by atoms with Gasteiger partial charge in [-0.15, -0.1) is 0 Å². The molecular formula is C25H26N2O5S. The zero-order valence-corrected chi connectivity index (χ0v) is 19.3. The summed E-state index contributed by atoms with van der Waals surface area (Å²) in [5.41, 5.74) is 3.02. The second-order valence-corrected chi connectivity index (χ2v) is 9.29. The van der Waals surface area contributed by atoms with Crippen LogP contribution < -0.4 is 10.5 Å². The molecule has 3 rings (SSSR count). The summed E-state index contributed by atoms with van der Waals surface area (Å²) in [4.78, 5) is 24.9. The Labute approximate surface area is 193 Å². The van der Waals surface area contributed by atoms with E-state index in [1.165, 1.54) is 12.1 Å². The number of nitrogens with one attached hydrogen (secondary N) is 1. The van der Waals surface area contributed by atoms with E-state index in [0.29, 0.717) is 17.5 Å². The Morgan fingerprint density at radius 3 is 2.18 bits per heavy atom. The number of aryl methyl sites for hydroxylation is 1. The lowest BCUT2D eigenvalue weighted by Gasteiger charge is -2.19. The lowest BCUT2D eigenvalue weighted by molar-refractivity contribution is -0.125. The molecule has 0 aliphatic carbocycles. The Bertz CT molecular complexity index is 1240. The molecule has 0 aromatic heterocycles. The monoisotopic (exact) mass is 466 g/mol. The minimum absolute atomic E-state index is 0.0128. The first-order chi connectivity index (χ1) is 15.6. The second-order valence-electron chi connectivity index (χ2n) is 7.76. The van der Waals surface area contributed by atoms with Gasteiger partial charge in [-0.2, -0.15) is 0 Å². The molecule has 0 heterocycles. The molecule has 1 unspecified atom stereocenters. The van der Waals surface area contributed by atoms with Crippen molar-refractivity contribution in [3.05, 3.63) is 101 Å². The minimum atomic E-state index is -4.01. The molecule has 0 spiro atoms. The topological polar surface area (TPSA) is 116 Å². The van der Waals surface area contributed by atoms with Gasteiger partial charge in [-0.05, 0) is 54.7 Å². The summed E-state index contributed by atoms with van der Waals surface area (Å²) in [7, 11) is -4.01. The summed E-state index contributed by atoms with van der Waals surface area (Å²) in [5.74, 6) is -1.28. The van der Waals surface area contributed by atoms with Gasteiger partial charge in [0.25, 0.3) is 5.91 Å². The Balaban J connectivity index is 1.70. The van der Waals surface area contributed by atoms with Gasteiger partial charge in [-0.1, -0.05) is 60.7 Å². The fraction of sp³-hybridized carbons (Fsp3) is 0.200. The third-order valence-electron chi connectivity index (χ3n) is 5.32. The third-order valence-corrected chi connectivity index (χ3v) is 6.35. The first kappa shape index (κ1) is 24.2. The standard InChI is InChI=1S/C25H26N2O5S/c1-17-13-21(15-23(18(17)2)33(26,30)31)25(29)32-16-24(28)27-22(20-11-7-4-8-12-20)14-19-9-5-3-6-10-19/h3-13,15,22H,14,16H2,1-2H3,(H,27,28)(H2,26,30,31). The molecule has 3 aromatic carbocycles. The average Bonchev–Trinajstić information content (AvgIpc) is 2.79. The first-order valence-corrected chi connectivity index (χ1v) is 11.9. The van der Waals surface area contributed by atoms with E-state index in [-0.39, 0.29) is 16.5 Å². The van der Waals surface area contributed by atoms with Crippen molar-refractivity contribution in [3.8, 4) is 0 Å². The molecule has 0 radical (unpaired) electrons. The molecule has 3 aromatic rings. The van der Waals surface area contributed by atoms with Gasteiger partial charge in [-0.3, -0.25) is 4.79 Å². The van der Waals surface area contributed by atoms with E-state index in [1.54, 1.807) is 13.8 Å². The van der Waals surface area contributed by atoms with E-state index in [0.717, 1.165) is 11.1 Å². The van der Waals surface area contributed by atoms with Crippen LogP contribution in [0.2, 0.25) is 0 Å². The van der Waals surface area contributed by atoms with E-state index in [1.807, 2.05) is 60.7 Å². The van der Waals surface area contributed by atoms with Crippen LogP contribution in [0.15, 0.2) is 77.7 Å². The van der Waals surface area contributed by atoms with Crippen LogP contribution in [-0.4, -0.2) is 26.9 Å². The van der Waals surface area contributed by atoms with Crippen molar-refractivity contribution >= 4 is 21.9 Å². The highest BCUT2D eigenvalue weighted by Crippen LogP contribution is 2.21. The average molecular weight is 467 g/mol. The van der Waals surface area contributed by atoms with Crippen molar-refractivity contribution in [2.45, 2.75) is 31.2 Å². The van der Waals surface area contributed by atoms with Crippen molar-refractivity contribution in [1.82, 2.24) is 5.32 Å². The quantitative estimate of drug-likeness (QED) is 0.495. The largest absolute Gasteiger partial charge is 0.452 e. The van der Waals surface area contributed by atoms with Crippen LogP contribution in [0.5, 0.6) is 0 Å². The van der Waals surface area contributed by atoms with Gasteiger partial charge in [0.1, 0.15) is 0 Å². The van der Waals surface area contributed by atoms with Crippen LogP contribution in [-0.2, 0) is 26.0 Å². The molecule has 3 N–H and O–H groups in total. The number of esters is 1. The van der Waals surface area contributed by atoms with E-state index in [9.17, 15) is 18.0 Å². The highest BCUT2D eigenvalue weighted by atomic mass is 32.2.